The minimum absolute atomic E-state index is 0.199. The largest absolute Gasteiger partial charge is 0.497 e. The van der Waals surface area contributed by atoms with Crippen LogP contribution in [0.3, 0.4) is 0 Å². The summed E-state index contributed by atoms with van der Waals surface area (Å²) in [4.78, 5) is 36.3. The van der Waals surface area contributed by atoms with Gasteiger partial charge in [0.25, 0.3) is 5.56 Å². The smallest absolute Gasteiger partial charge is 0.333 e. The molecule has 0 bridgehead atoms. The molecule has 0 saturated carbocycles. The molecule has 0 spiro atoms. The Morgan fingerprint density at radius 1 is 1.11 bits per heavy atom. The standard InChI is InChI=1S/C19H21NO7S/c1-5-27-17(21)10-16-20(11-18(22)26-4)19(23)15(28-16)8-12-6-13(24-2)9-14(7-12)25-3/h6-10H,5,11H2,1-4H3/b15-8-,16-10-. The molecule has 150 valence electrons. The van der Waals surface area contributed by atoms with Crippen molar-refractivity contribution < 1.29 is 28.5 Å². The topological polar surface area (TPSA) is 93.1 Å². The van der Waals surface area contributed by atoms with E-state index in [1.165, 1.54) is 32.0 Å². The molecule has 0 aliphatic rings. The molecule has 0 aliphatic heterocycles. The highest BCUT2D eigenvalue weighted by molar-refractivity contribution is 7.07. The number of aromatic nitrogens is 1. The molecular formula is C19H21NO7S. The van der Waals surface area contributed by atoms with Crippen molar-refractivity contribution in [3.8, 4) is 11.5 Å². The number of esters is 2. The van der Waals surface area contributed by atoms with E-state index >= 15 is 0 Å². The van der Waals surface area contributed by atoms with Crippen molar-refractivity contribution in [1.29, 1.82) is 0 Å². The quantitative estimate of drug-likeness (QED) is 0.609. The molecule has 0 N–H and O–H groups in total. The van der Waals surface area contributed by atoms with Gasteiger partial charge in [0, 0.05) is 6.07 Å². The number of carbonyl (C=O) groups is 2. The predicted molar refractivity (Wildman–Crippen MR) is 104 cm³/mol. The lowest BCUT2D eigenvalue weighted by Crippen LogP contribution is -2.34. The van der Waals surface area contributed by atoms with Crippen LogP contribution < -0.4 is 24.2 Å². The number of benzene rings is 1. The molecule has 1 heterocycles. The van der Waals surface area contributed by atoms with E-state index in [2.05, 4.69) is 4.74 Å². The normalized spacial score (nSPS) is 12.0. The van der Waals surface area contributed by atoms with Crippen LogP contribution in [0.2, 0.25) is 0 Å². The summed E-state index contributed by atoms with van der Waals surface area (Å²) in [5, 5.41) is 0. The fourth-order valence-electron chi connectivity index (χ4n) is 2.34. The summed E-state index contributed by atoms with van der Waals surface area (Å²) in [6.07, 6.45) is 2.82. The maximum Gasteiger partial charge on any atom is 0.333 e. The molecule has 0 atom stereocenters. The van der Waals surface area contributed by atoms with E-state index in [1.807, 2.05) is 0 Å². The Morgan fingerprint density at radius 2 is 1.75 bits per heavy atom. The van der Waals surface area contributed by atoms with Gasteiger partial charge in [-0.05, 0) is 30.7 Å². The van der Waals surface area contributed by atoms with Crippen molar-refractivity contribution in [2.75, 3.05) is 27.9 Å². The number of hydrogen-bond acceptors (Lipinski definition) is 8. The average Bonchev–Trinajstić information content (AvgIpc) is 2.96. The first-order valence-corrected chi connectivity index (χ1v) is 9.13. The lowest BCUT2D eigenvalue weighted by molar-refractivity contribution is -0.141. The van der Waals surface area contributed by atoms with Crippen molar-refractivity contribution in [3.05, 3.63) is 43.3 Å². The fourth-order valence-corrected chi connectivity index (χ4v) is 3.37. The predicted octanol–water partition coefficient (Wildman–Crippen LogP) is 0.272. The number of ether oxygens (including phenoxy) is 4. The molecule has 0 amide bonds. The highest BCUT2D eigenvalue weighted by Crippen LogP contribution is 2.22. The molecule has 8 nitrogen and oxygen atoms in total. The number of nitrogens with zero attached hydrogens (tertiary/aromatic N) is 1. The molecule has 0 unspecified atom stereocenters. The van der Waals surface area contributed by atoms with Gasteiger partial charge in [0.1, 0.15) is 22.7 Å². The molecule has 9 heteroatoms. The Balaban J connectivity index is 2.65. The zero-order valence-corrected chi connectivity index (χ0v) is 16.8. The van der Waals surface area contributed by atoms with Crippen LogP contribution in [0.15, 0.2) is 23.0 Å². The molecule has 1 aromatic heterocycles. The van der Waals surface area contributed by atoms with Gasteiger partial charge in [0.15, 0.2) is 0 Å². The Morgan fingerprint density at radius 3 is 2.29 bits per heavy atom. The van der Waals surface area contributed by atoms with Crippen LogP contribution in [0, 0.1) is 0 Å². The van der Waals surface area contributed by atoms with Gasteiger partial charge < -0.3 is 18.9 Å². The van der Waals surface area contributed by atoms with E-state index < -0.39 is 17.5 Å². The number of rotatable bonds is 7. The fraction of sp³-hybridized carbons (Fsp3) is 0.316. The van der Waals surface area contributed by atoms with E-state index in [0.29, 0.717) is 21.6 Å². The van der Waals surface area contributed by atoms with Crippen LogP contribution in [0.4, 0.5) is 0 Å². The van der Waals surface area contributed by atoms with Crippen molar-refractivity contribution >= 4 is 35.4 Å². The first-order valence-electron chi connectivity index (χ1n) is 8.31. The van der Waals surface area contributed by atoms with Gasteiger partial charge in [0.05, 0.1) is 38.5 Å². The van der Waals surface area contributed by atoms with E-state index in [9.17, 15) is 14.4 Å². The molecule has 2 aromatic rings. The van der Waals surface area contributed by atoms with Crippen molar-refractivity contribution in [1.82, 2.24) is 4.57 Å². The molecule has 0 aliphatic carbocycles. The third-order valence-electron chi connectivity index (χ3n) is 3.65. The lowest BCUT2D eigenvalue weighted by atomic mass is 10.2. The van der Waals surface area contributed by atoms with Gasteiger partial charge in [-0.25, -0.2) is 4.79 Å². The van der Waals surface area contributed by atoms with Crippen molar-refractivity contribution in [2.24, 2.45) is 0 Å². The van der Waals surface area contributed by atoms with Crippen LogP contribution in [0.25, 0.3) is 12.2 Å². The summed E-state index contributed by atoms with van der Waals surface area (Å²) in [5.41, 5.74) is 0.246. The molecule has 0 radical (unpaired) electrons. The molecule has 0 fully saturated rings. The monoisotopic (exact) mass is 407 g/mol. The highest BCUT2D eigenvalue weighted by atomic mass is 32.1. The lowest BCUT2D eigenvalue weighted by Gasteiger charge is -2.05. The summed E-state index contributed by atoms with van der Waals surface area (Å²) in [6.45, 7) is 1.56. The van der Waals surface area contributed by atoms with E-state index in [1.54, 1.807) is 31.2 Å². The van der Waals surface area contributed by atoms with Crippen LogP contribution in [-0.2, 0) is 25.6 Å². The van der Waals surface area contributed by atoms with Gasteiger partial charge in [-0.2, -0.15) is 0 Å². The first-order chi connectivity index (χ1) is 13.4. The third-order valence-corrected chi connectivity index (χ3v) is 4.71. The Hall–Kier alpha value is -3.07. The summed E-state index contributed by atoms with van der Waals surface area (Å²) in [6, 6.07) is 5.18. The number of methoxy groups -OCH3 is 3. The second kappa shape index (κ2) is 9.75. The van der Waals surface area contributed by atoms with Crippen LogP contribution in [-0.4, -0.2) is 44.4 Å². The first kappa shape index (κ1) is 21.2. The van der Waals surface area contributed by atoms with Gasteiger partial charge in [-0.1, -0.05) is 0 Å². The summed E-state index contributed by atoms with van der Waals surface area (Å²) >= 11 is 1.06. The van der Waals surface area contributed by atoms with Crippen LogP contribution in [0.5, 0.6) is 11.5 Å². The number of hydrogen-bond donors (Lipinski definition) is 0. The molecule has 1 aromatic carbocycles. The summed E-state index contributed by atoms with van der Waals surface area (Å²) in [5.74, 6) is -0.0734. The van der Waals surface area contributed by atoms with E-state index in [4.69, 9.17) is 14.2 Å². The minimum atomic E-state index is -0.604. The van der Waals surface area contributed by atoms with Crippen molar-refractivity contribution in [3.63, 3.8) is 0 Å². The molecule has 2 rings (SSSR count). The van der Waals surface area contributed by atoms with Gasteiger partial charge in [0.2, 0.25) is 0 Å². The van der Waals surface area contributed by atoms with Crippen LogP contribution >= 0.6 is 11.3 Å². The third kappa shape index (κ3) is 5.23. The number of thiazole rings is 1. The zero-order valence-electron chi connectivity index (χ0n) is 16.0. The minimum Gasteiger partial charge on any atom is -0.497 e. The Kier molecular flexibility index (Phi) is 7.39. The summed E-state index contributed by atoms with van der Waals surface area (Å²) < 4.78 is 21.8. The Labute approximate surface area is 165 Å². The Bertz CT molecular complexity index is 1010. The van der Waals surface area contributed by atoms with Gasteiger partial charge in [-0.15, -0.1) is 11.3 Å². The van der Waals surface area contributed by atoms with E-state index in [-0.39, 0.29) is 17.8 Å². The maximum absolute atomic E-state index is 12.8. The van der Waals surface area contributed by atoms with Gasteiger partial charge >= 0.3 is 11.9 Å². The summed E-state index contributed by atoms with van der Waals surface area (Å²) in [7, 11) is 4.28. The molecular weight excluding hydrogens is 386 g/mol. The molecule has 0 saturated heterocycles. The number of carbonyl (C=O) groups excluding carboxylic acids is 2. The second-order valence-corrected chi connectivity index (χ2v) is 6.52. The van der Waals surface area contributed by atoms with Gasteiger partial charge in [-0.3, -0.25) is 14.2 Å². The molecule has 28 heavy (non-hydrogen) atoms. The SMILES string of the molecule is CCOC(=O)/C=c1\s/c(=C\c2cc(OC)cc(OC)c2)c(=O)n1CC(=O)OC. The maximum atomic E-state index is 12.8. The zero-order chi connectivity index (χ0) is 20.7. The van der Waals surface area contributed by atoms with E-state index in [0.717, 1.165) is 11.3 Å². The average molecular weight is 407 g/mol. The van der Waals surface area contributed by atoms with Crippen molar-refractivity contribution in [2.45, 2.75) is 13.5 Å². The highest BCUT2D eigenvalue weighted by Gasteiger charge is 2.11. The van der Waals surface area contributed by atoms with Crippen LogP contribution in [0.1, 0.15) is 12.5 Å². The second-order valence-electron chi connectivity index (χ2n) is 5.46.